The van der Waals surface area contributed by atoms with Gasteiger partial charge in [-0.2, -0.15) is 4.98 Å². The van der Waals surface area contributed by atoms with Crippen molar-refractivity contribution in [1.82, 2.24) is 20.2 Å². The molecule has 0 aromatic carbocycles. The van der Waals surface area contributed by atoms with Gasteiger partial charge in [-0.3, -0.25) is 18.7 Å². The Morgan fingerprint density at radius 1 is 1.26 bits per heavy atom. The number of nitrogens with one attached hydrogen (secondary N) is 2. The molecule has 0 radical (unpaired) electrons. The Bertz CT molecular complexity index is 1290. The molecule has 1 aromatic rings. The third kappa shape index (κ3) is 7.92. The zero-order valence-corrected chi connectivity index (χ0v) is 23.9. The maximum Gasteiger partial charge on any atom is 0.475 e. The minimum absolute atomic E-state index is 0.127. The van der Waals surface area contributed by atoms with Crippen molar-refractivity contribution in [3.63, 3.8) is 0 Å². The van der Waals surface area contributed by atoms with Gasteiger partial charge in [-0.05, 0) is 13.0 Å². The molecular weight excluding hydrogens is 605 g/mol. The molecule has 1 aromatic heterocycles. The lowest BCUT2D eigenvalue weighted by Crippen LogP contribution is -2.69. The third-order valence-corrected chi connectivity index (χ3v) is 7.64. The molecular formula is C22H34N5O15P. The van der Waals surface area contributed by atoms with Crippen LogP contribution in [0, 0.1) is 0 Å². The van der Waals surface area contributed by atoms with Crippen molar-refractivity contribution in [2.75, 3.05) is 12.3 Å². The SMILES string of the molecule is CC(=O)N[C@H]([C@@H]1O[C@](OP(=O)(O)OC[C@H]2O[C@@H](n3ccc(N)nc3=O)[C@H](O)[C@@H]2O)(C(=O)O)C[C@H](O)[C@H]1NC(C)=O)[C@H](C)O. The number of hydrogen-bond donors (Lipinski definition) is 9. The number of hydrogen-bond acceptors (Lipinski definition) is 15. The number of nitrogens with zero attached hydrogens (tertiary/aromatic N) is 2. The number of amides is 2. The van der Waals surface area contributed by atoms with Gasteiger partial charge in [-0.1, -0.05) is 0 Å². The average Bonchev–Trinajstić information content (AvgIpc) is 3.15. The Hall–Kier alpha value is -3.04. The van der Waals surface area contributed by atoms with Gasteiger partial charge in [0.15, 0.2) is 6.23 Å². The van der Waals surface area contributed by atoms with Crippen LogP contribution in [-0.4, -0.2) is 119 Å². The molecule has 10 N–H and O–H groups in total. The molecule has 0 bridgehead atoms. The van der Waals surface area contributed by atoms with E-state index in [-0.39, 0.29) is 5.82 Å². The number of nitrogens with two attached hydrogens (primary N) is 1. The summed E-state index contributed by atoms with van der Waals surface area (Å²) in [4.78, 5) is 62.0. The second kappa shape index (κ2) is 13.3. The lowest BCUT2D eigenvalue weighted by Gasteiger charge is -2.47. The molecule has 0 saturated carbocycles. The number of aromatic nitrogens is 2. The van der Waals surface area contributed by atoms with E-state index in [0.717, 1.165) is 24.6 Å². The highest BCUT2D eigenvalue weighted by atomic mass is 31.2. The number of rotatable bonds is 11. The average molecular weight is 640 g/mol. The topological polar surface area (TPSA) is 312 Å². The molecule has 0 aliphatic carbocycles. The number of carboxylic acid groups (broad SMARTS) is 1. The normalized spacial score (nSPS) is 33.6. The smallest absolute Gasteiger partial charge is 0.475 e. The molecule has 2 saturated heterocycles. The number of phosphoric acid groups is 1. The van der Waals surface area contributed by atoms with Crippen molar-refractivity contribution in [2.45, 2.75) is 87.9 Å². The number of anilines is 1. The second-order valence-electron chi connectivity index (χ2n) is 10.0. The van der Waals surface area contributed by atoms with Gasteiger partial charge in [0.25, 0.3) is 5.79 Å². The maximum absolute atomic E-state index is 13.0. The van der Waals surface area contributed by atoms with Gasteiger partial charge >= 0.3 is 19.5 Å². The van der Waals surface area contributed by atoms with Crippen molar-refractivity contribution in [1.29, 1.82) is 0 Å². The number of ether oxygens (including phenoxy) is 2. The summed E-state index contributed by atoms with van der Waals surface area (Å²) in [6.45, 7) is 2.35. The van der Waals surface area contributed by atoms with E-state index < -0.39 is 105 Å². The fourth-order valence-electron chi connectivity index (χ4n) is 4.72. The summed E-state index contributed by atoms with van der Waals surface area (Å²) in [5.74, 6) is -6.68. The van der Waals surface area contributed by atoms with Gasteiger partial charge in [0, 0.05) is 26.5 Å². The van der Waals surface area contributed by atoms with Crippen LogP contribution in [-0.2, 0) is 37.5 Å². The van der Waals surface area contributed by atoms with Crippen LogP contribution in [0.5, 0.6) is 0 Å². The van der Waals surface area contributed by atoms with Gasteiger partial charge < -0.3 is 56.3 Å². The first-order valence-corrected chi connectivity index (χ1v) is 14.2. The van der Waals surface area contributed by atoms with Crippen LogP contribution >= 0.6 is 7.82 Å². The molecule has 11 atom stereocenters. The lowest BCUT2D eigenvalue weighted by molar-refractivity contribution is -0.276. The van der Waals surface area contributed by atoms with Gasteiger partial charge in [-0.15, -0.1) is 0 Å². The fraction of sp³-hybridized carbons (Fsp3) is 0.682. The summed E-state index contributed by atoms with van der Waals surface area (Å²) in [5, 5.41) is 56.5. The number of carboxylic acids is 1. The zero-order chi connectivity index (χ0) is 32.4. The third-order valence-electron chi connectivity index (χ3n) is 6.64. The van der Waals surface area contributed by atoms with E-state index in [4.69, 9.17) is 24.3 Å². The molecule has 2 aliphatic heterocycles. The Morgan fingerprint density at radius 3 is 2.44 bits per heavy atom. The fourth-order valence-corrected chi connectivity index (χ4v) is 5.67. The van der Waals surface area contributed by atoms with Crippen LogP contribution in [0.15, 0.2) is 17.1 Å². The van der Waals surface area contributed by atoms with Crippen LogP contribution in [0.25, 0.3) is 0 Å². The van der Waals surface area contributed by atoms with Crippen LogP contribution in [0.4, 0.5) is 5.82 Å². The lowest BCUT2D eigenvalue weighted by atomic mass is 9.87. The standard InChI is InChI=1S/C22H34N5O15P/c1-8(28)14(24-9(2)29)18-15(25-10(3)30)11(31)6-22(41-18,20(34)35)42-43(37,38)39-7-12-16(32)17(33)19(40-12)27-5-4-13(23)26-21(27)36/h4-5,8,11-12,14-19,28,31-33H,6-7H2,1-3H3,(H,24,29)(H,25,30)(H,34,35)(H,37,38)(H2,23,26,36)/t8-,11-,12+,14-,15+,16+,17+,18-,19+,22+/m0/s1. The number of carbonyl (C=O) groups is 3. The number of phosphoric ester groups is 1. The summed E-state index contributed by atoms with van der Waals surface area (Å²) in [6, 6.07) is -1.67. The quantitative estimate of drug-likeness (QED) is 0.104. The molecule has 3 rings (SSSR count). The predicted molar refractivity (Wildman–Crippen MR) is 138 cm³/mol. The van der Waals surface area contributed by atoms with E-state index in [1.54, 1.807) is 0 Å². The van der Waals surface area contributed by atoms with Crippen molar-refractivity contribution in [3.05, 3.63) is 22.7 Å². The molecule has 20 nitrogen and oxygen atoms in total. The number of carbonyl (C=O) groups excluding carboxylic acids is 2. The zero-order valence-electron chi connectivity index (χ0n) is 23.0. The summed E-state index contributed by atoms with van der Waals surface area (Å²) >= 11 is 0. The summed E-state index contributed by atoms with van der Waals surface area (Å²) in [6.07, 6.45) is -11.5. The summed E-state index contributed by atoms with van der Waals surface area (Å²) in [7, 11) is -5.49. The molecule has 0 spiro atoms. The van der Waals surface area contributed by atoms with Crippen molar-refractivity contribution in [2.24, 2.45) is 0 Å². The Balaban J connectivity index is 1.83. The molecule has 3 heterocycles. The molecule has 21 heteroatoms. The van der Waals surface area contributed by atoms with E-state index in [0.29, 0.717) is 0 Å². The Kier molecular flexibility index (Phi) is 10.7. The van der Waals surface area contributed by atoms with E-state index in [9.17, 15) is 54.2 Å². The van der Waals surface area contributed by atoms with Crippen molar-refractivity contribution in [3.8, 4) is 0 Å². The molecule has 2 fully saturated rings. The first-order chi connectivity index (χ1) is 19.9. The maximum atomic E-state index is 13.0. The Labute approximate surface area is 242 Å². The highest BCUT2D eigenvalue weighted by Gasteiger charge is 2.59. The van der Waals surface area contributed by atoms with Crippen LogP contribution < -0.4 is 22.1 Å². The number of aliphatic carboxylic acids is 1. The van der Waals surface area contributed by atoms with Crippen LogP contribution in [0.3, 0.4) is 0 Å². The molecule has 43 heavy (non-hydrogen) atoms. The number of nitrogen functional groups attached to an aromatic ring is 1. The first kappa shape index (κ1) is 34.5. The molecule has 1 unspecified atom stereocenters. The van der Waals surface area contributed by atoms with Gasteiger partial charge in [0.1, 0.15) is 30.2 Å². The van der Waals surface area contributed by atoms with Crippen LogP contribution in [0.2, 0.25) is 0 Å². The van der Waals surface area contributed by atoms with E-state index in [2.05, 4.69) is 15.6 Å². The Morgan fingerprint density at radius 2 is 1.91 bits per heavy atom. The summed E-state index contributed by atoms with van der Waals surface area (Å²) < 4.78 is 34.4. The largest absolute Gasteiger partial charge is 0.477 e. The minimum Gasteiger partial charge on any atom is -0.477 e. The van der Waals surface area contributed by atoms with Gasteiger partial charge in [0.2, 0.25) is 11.8 Å². The van der Waals surface area contributed by atoms with Crippen molar-refractivity contribution < 1.29 is 67.9 Å². The molecule has 2 aliphatic rings. The van der Waals surface area contributed by atoms with E-state index in [1.165, 1.54) is 13.0 Å². The van der Waals surface area contributed by atoms with Crippen molar-refractivity contribution >= 4 is 31.4 Å². The highest BCUT2D eigenvalue weighted by Crippen LogP contribution is 2.51. The van der Waals surface area contributed by atoms with Gasteiger partial charge in [0.05, 0.1) is 30.9 Å². The summed E-state index contributed by atoms with van der Waals surface area (Å²) in [5.41, 5.74) is 4.49. The minimum atomic E-state index is -5.49. The number of aliphatic hydroxyl groups excluding tert-OH is 4. The van der Waals surface area contributed by atoms with Crippen LogP contribution in [0.1, 0.15) is 33.4 Å². The highest BCUT2D eigenvalue weighted by molar-refractivity contribution is 7.47. The van der Waals surface area contributed by atoms with E-state index >= 15 is 0 Å². The number of aliphatic hydroxyl groups is 4. The molecule has 242 valence electrons. The van der Waals surface area contributed by atoms with Gasteiger partial charge in [-0.25, -0.2) is 18.7 Å². The second-order valence-corrected chi connectivity index (χ2v) is 11.4. The monoisotopic (exact) mass is 639 g/mol. The molecule has 2 amide bonds. The van der Waals surface area contributed by atoms with E-state index in [1.807, 2.05) is 0 Å². The predicted octanol–water partition coefficient (Wildman–Crippen LogP) is -4.10. The first-order valence-electron chi connectivity index (χ1n) is 12.7.